The van der Waals surface area contributed by atoms with Crippen LogP contribution in [0.1, 0.15) is 65.0 Å². The van der Waals surface area contributed by atoms with Gasteiger partial charge in [0.05, 0.1) is 23.8 Å². The van der Waals surface area contributed by atoms with Gasteiger partial charge in [-0.1, -0.05) is 91.0 Å². The Bertz CT molecular complexity index is 2170. The molecule has 248 valence electrons. The third-order valence-corrected chi connectivity index (χ3v) is 8.73. The number of ether oxygens (including phenoxy) is 2. The summed E-state index contributed by atoms with van der Waals surface area (Å²) in [4.78, 5) is 47.1. The predicted molar refractivity (Wildman–Crippen MR) is 186 cm³/mol. The highest BCUT2D eigenvalue weighted by molar-refractivity contribution is 6.16. The van der Waals surface area contributed by atoms with Gasteiger partial charge in [-0.2, -0.15) is 0 Å². The normalized spacial score (nSPS) is 12.2. The molecule has 0 saturated carbocycles. The van der Waals surface area contributed by atoms with Crippen LogP contribution >= 0.6 is 0 Å². The number of rotatable bonds is 10. The second-order valence-corrected chi connectivity index (χ2v) is 11.9. The van der Waals surface area contributed by atoms with Crippen LogP contribution in [0, 0.1) is 5.82 Å². The number of carbonyl (C=O) groups is 3. The second kappa shape index (κ2) is 14.0. The Morgan fingerprint density at radius 1 is 0.860 bits per heavy atom. The van der Waals surface area contributed by atoms with Gasteiger partial charge >= 0.3 is 5.97 Å². The van der Waals surface area contributed by atoms with Crippen molar-refractivity contribution in [1.82, 2.24) is 15.2 Å². The number of esters is 1. The minimum atomic E-state index is -0.590. The highest BCUT2D eigenvalue weighted by Crippen LogP contribution is 2.43. The van der Waals surface area contributed by atoms with E-state index in [1.807, 2.05) is 60.7 Å². The molecule has 2 heterocycles. The summed E-state index contributed by atoms with van der Waals surface area (Å²) in [6, 6.07) is 35.8. The highest BCUT2D eigenvalue weighted by Gasteiger charge is 2.38. The zero-order chi connectivity index (χ0) is 34.6. The Labute approximate surface area is 288 Å². The molecule has 8 nitrogen and oxygen atoms in total. The number of aromatic nitrogens is 1. The summed E-state index contributed by atoms with van der Waals surface area (Å²) >= 11 is 0. The van der Waals surface area contributed by atoms with Gasteiger partial charge < -0.3 is 19.7 Å². The molecule has 1 aromatic heterocycles. The predicted octanol–water partition coefficient (Wildman–Crippen LogP) is 7.41. The Hall–Kier alpha value is -6.35. The first-order chi connectivity index (χ1) is 24.4. The van der Waals surface area contributed by atoms with E-state index in [0.717, 1.165) is 16.7 Å². The van der Waals surface area contributed by atoms with Crippen LogP contribution in [0.25, 0.3) is 10.9 Å². The highest BCUT2D eigenvalue weighted by atomic mass is 19.1. The molecule has 0 fully saturated rings. The second-order valence-electron chi connectivity index (χ2n) is 11.9. The fourth-order valence-corrected chi connectivity index (χ4v) is 6.35. The van der Waals surface area contributed by atoms with Crippen molar-refractivity contribution in [3.05, 3.63) is 178 Å². The van der Waals surface area contributed by atoms with Gasteiger partial charge in [-0.25, -0.2) is 9.18 Å². The lowest BCUT2D eigenvalue weighted by Crippen LogP contribution is -2.25. The quantitative estimate of drug-likeness (QED) is 0.153. The van der Waals surface area contributed by atoms with E-state index in [2.05, 4.69) is 10.3 Å². The molecule has 5 aromatic carbocycles. The number of hydrogen-bond acceptors (Lipinski definition) is 6. The molecule has 0 aliphatic carbocycles. The van der Waals surface area contributed by atoms with E-state index in [1.165, 1.54) is 19.2 Å². The number of carbonyl (C=O) groups excluding carboxylic acids is 3. The van der Waals surface area contributed by atoms with Gasteiger partial charge in [0.2, 0.25) is 0 Å². The maximum atomic E-state index is 14.4. The van der Waals surface area contributed by atoms with E-state index >= 15 is 0 Å². The fraction of sp³-hybridized carbons (Fsp3) is 0.122. The van der Waals surface area contributed by atoms with Crippen LogP contribution in [-0.4, -0.2) is 34.8 Å². The zero-order valence-electron chi connectivity index (χ0n) is 27.1. The maximum Gasteiger partial charge on any atom is 0.337 e. The van der Waals surface area contributed by atoms with Crippen LogP contribution in [0.2, 0.25) is 0 Å². The summed E-state index contributed by atoms with van der Waals surface area (Å²) in [5.74, 6) is -1.31. The molecule has 1 aliphatic rings. The van der Waals surface area contributed by atoms with E-state index in [1.54, 1.807) is 59.6 Å². The van der Waals surface area contributed by atoms with Crippen LogP contribution in [0.3, 0.4) is 0 Å². The minimum absolute atomic E-state index is 0.120. The Morgan fingerprint density at radius 3 is 2.24 bits per heavy atom. The smallest absolute Gasteiger partial charge is 0.337 e. The molecule has 1 N–H and O–H groups in total. The zero-order valence-corrected chi connectivity index (χ0v) is 27.1. The number of benzene rings is 5. The SMILES string of the molecule is COC(=O)c1cccc(CNC(=O)c2c3c(c(OC(c4ccccc4)c4ccccc4)c4ncccc24)C(=O)N(Cc2ccc(F)cc2)C3)c1. The molecule has 7 rings (SSSR count). The van der Waals surface area contributed by atoms with Gasteiger partial charge in [0, 0.05) is 36.8 Å². The lowest BCUT2D eigenvalue weighted by Gasteiger charge is -2.23. The molecule has 6 aromatic rings. The van der Waals surface area contributed by atoms with E-state index < -0.39 is 18.0 Å². The molecule has 0 saturated heterocycles. The summed E-state index contributed by atoms with van der Waals surface area (Å²) in [6.07, 6.45) is 1.02. The van der Waals surface area contributed by atoms with E-state index in [-0.39, 0.29) is 42.7 Å². The van der Waals surface area contributed by atoms with Crippen LogP contribution in [-0.2, 0) is 24.4 Å². The Kier molecular flexibility index (Phi) is 9.03. The number of hydrogen-bond donors (Lipinski definition) is 1. The number of methoxy groups -OCH3 is 1. The van der Waals surface area contributed by atoms with Crippen LogP contribution < -0.4 is 10.1 Å². The number of pyridine rings is 1. The molecule has 0 bridgehead atoms. The lowest BCUT2D eigenvalue weighted by molar-refractivity contribution is 0.0600. The molecule has 1 aliphatic heterocycles. The number of halogens is 1. The van der Waals surface area contributed by atoms with Gasteiger partial charge in [0.1, 0.15) is 17.4 Å². The molecular weight excluding hydrogens is 633 g/mol. The number of fused-ring (bicyclic) bond motifs is 2. The first-order valence-electron chi connectivity index (χ1n) is 16.1. The first kappa shape index (κ1) is 32.2. The molecule has 0 radical (unpaired) electrons. The first-order valence-corrected chi connectivity index (χ1v) is 16.1. The van der Waals surface area contributed by atoms with Gasteiger partial charge in [0.25, 0.3) is 11.8 Å². The van der Waals surface area contributed by atoms with E-state index in [0.29, 0.717) is 33.2 Å². The van der Waals surface area contributed by atoms with E-state index in [9.17, 15) is 18.8 Å². The van der Waals surface area contributed by atoms with Crippen molar-refractivity contribution in [3.8, 4) is 5.75 Å². The number of nitrogens with one attached hydrogen (secondary N) is 1. The third kappa shape index (κ3) is 6.41. The largest absolute Gasteiger partial charge is 0.478 e. The van der Waals surface area contributed by atoms with Crippen molar-refractivity contribution < 1.29 is 28.2 Å². The standard InChI is InChI=1S/C41H32FN3O5/c1-49-41(48)30-15-8-10-27(22-30)23-44-39(46)34-32-16-9-21-43-36(32)38(50-37(28-11-4-2-5-12-28)29-13-6-3-7-14-29)35-33(34)25-45(40(35)47)24-26-17-19-31(42)20-18-26/h2-22,37H,23-25H2,1H3,(H,44,46). The number of nitrogens with zero attached hydrogens (tertiary/aromatic N) is 2. The fourth-order valence-electron chi connectivity index (χ4n) is 6.35. The summed E-state index contributed by atoms with van der Waals surface area (Å²) < 4.78 is 25.5. The Morgan fingerprint density at radius 2 is 1.56 bits per heavy atom. The molecule has 0 spiro atoms. The molecule has 0 atom stereocenters. The van der Waals surface area contributed by atoms with Crippen LogP contribution in [0.4, 0.5) is 4.39 Å². The third-order valence-electron chi connectivity index (χ3n) is 8.73. The average molecular weight is 666 g/mol. The molecule has 2 amide bonds. The van der Waals surface area contributed by atoms with Gasteiger partial charge in [0.15, 0.2) is 5.75 Å². The van der Waals surface area contributed by atoms with Crippen molar-refractivity contribution in [2.75, 3.05) is 7.11 Å². The summed E-state index contributed by atoms with van der Waals surface area (Å²) in [6.45, 7) is 0.434. The van der Waals surface area contributed by atoms with Crippen LogP contribution in [0.15, 0.2) is 128 Å². The van der Waals surface area contributed by atoms with E-state index in [4.69, 9.17) is 9.47 Å². The molecular formula is C41H32FN3O5. The number of amides is 2. The van der Waals surface area contributed by atoms with Crippen molar-refractivity contribution in [2.24, 2.45) is 0 Å². The van der Waals surface area contributed by atoms with Gasteiger partial charge in [-0.15, -0.1) is 0 Å². The maximum absolute atomic E-state index is 14.4. The van der Waals surface area contributed by atoms with Crippen LogP contribution in [0.5, 0.6) is 5.75 Å². The summed E-state index contributed by atoms with van der Waals surface area (Å²) in [5, 5.41) is 3.51. The summed E-state index contributed by atoms with van der Waals surface area (Å²) in [7, 11) is 1.31. The van der Waals surface area contributed by atoms with Crippen molar-refractivity contribution >= 4 is 28.7 Å². The molecule has 9 heteroatoms. The average Bonchev–Trinajstić information content (AvgIpc) is 3.48. The summed E-state index contributed by atoms with van der Waals surface area (Å²) in [5.41, 5.74) is 5.00. The minimum Gasteiger partial charge on any atom is -0.478 e. The lowest BCUT2D eigenvalue weighted by atomic mass is 9.95. The molecule has 0 unspecified atom stereocenters. The monoisotopic (exact) mass is 665 g/mol. The molecule has 50 heavy (non-hydrogen) atoms. The van der Waals surface area contributed by atoms with Crippen molar-refractivity contribution in [1.29, 1.82) is 0 Å². The van der Waals surface area contributed by atoms with Gasteiger partial charge in [-0.3, -0.25) is 14.6 Å². The Balaban J connectivity index is 1.34. The van der Waals surface area contributed by atoms with Gasteiger partial charge in [-0.05, 0) is 52.6 Å². The van der Waals surface area contributed by atoms with Crippen molar-refractivity contribution in [2.45, 2.75) is 25.7 Å². The van der Waals surface area contributed by atoms with Crippen molar-refractivity contribution in [3.63, 3.8) is 0 Å². The topological polar surface area (TPSA) is 97.8 Å².